The van der Waals surface area contributed by atoms with Crippen LogP contribution in [-0.4, -0.2) is 18.0 Å². The highest BCUT2D eigenvalue weighted by molar-refractivity contribution is 6.43. The van der Waals surface area contributed by atoms with E-state index >= 15 is 0 Å². The fourth-order valence-corrected chi connectivity index (χ4v) is 2.20. The van der Waals surface area contributed by atoms with Gasteiger partial charge in [0.15, 0.2) is 17.2 Å². The number of hydrogen-bond donors (Lipinski definition) is 0. The molecular formula is C19H16Cl2O5. The Morgan fingerprint density at radius 2 is 1.38 bits per heavy atom. The van der Waals surface area contributed by atoms with Crippen LogP contribution in [0.2, 0.25) is 10.0 Å². The number of para-hydroxylation sites is 2. The van der Waals surface area contributed by atoms with E-state index in [0.717, 1.165) is 12.2 Å². The minimum Gasteiger partial charge on any atom is -0.487 e. The SMILES string of the molecule is CC(C)Oc1ccccc1OC(=O)/C=C/C(=O)Oc1cccc(Cl)c1Cl. The van der Waals surface area contributed by atoms with Gasteiger partial charge in [-0.15, -0.1) is 0 Å². The number of hydrogen-bond acceptors (Lipinski definition) is 5. The molecule has 0 N–H and O–H groups in total. The summed E-state index contributed by atoms with van der Waals surface area (Å²) in [6.45, 7) is 3.71. The van der Waals surface area contributed by atoms with Gasteiger partial charge in [-0.25, -0.2) is 9.59 Å². The highest BCUT2D eigenvalue weighted by atomic mass is 35.5. The average Bonchev–Trinajstić information content (AvgIpc) is 2.58. The third-order valence-corrected chi connectivity index (χ3v) is 3.71. The van der Waals surface area contributed by atoms with E-state index in [4.69, 9.17) is 37.4 Å². The number of ether oxygens (including phenoxy) is 3. The summed E-state index contributed by atoms with van der Waals surface area (Å²) >= 11 is 11.8. The molecule has 0 spiro atoms. The van der Waals surface area contributed by atoms with Crippen molar-refractivity contribution in [3.8, 4) is 17.2 Å². The molecule has 5 nitrogen and oxygen atoms in total. The Morgan fingerprint density at radius 1 is 0.846 bits per heavy atom. The smallest absolute Gasteiger partial charge is 0.336 e. The van der Waals surface area contributed by atoms with Crippen LogP contribution in [0.5, 0.6) is 17.2 Å². The predicted octanol–water partition coefficient (Wildman–Crippen LogP) is 4.85. The van der Waals surface area contributed by atoms with Crippen molar-refractivity contribution in [2.75, 3.05) is 0 Å². The first kappa shape index (κ1) is 19.8. The molecule has 2 aromatic carbocycles. The average molecular weight is 395 g/mol. The predicted molar refractivity (Wildman–Crippen MR) is 99.1 cm³/mol. The van der Waals surface area contributed by atoms with E-state index in [9.17, 15) is 9.59 Å². The van der Waals surface area contributed by atoms with Gasteiger partial charge < -0.3 is 14.2 Å². The van der Waals surface area contributed by atoms with Crippen LogP contribution in [0.15, 0.2) is 54.6 Å². The van der Waals surface area contributed by atoms with E-state index in [1.165, 1.54) is 6.07 Å². The first-order valence-corrected chi connectivity index (χ1v) is 8.44. The van der Waals surface area contributed by atoms with Crippen molar-refractivity contribution < 1.29 is 23.8 Å². The molecule has 0 aliphatic rings. The maximum absolute atomic E-state index is 11.9. The lowest BCUT2D eigenvalue weighted by Gasteiger charge is -2.13. The largest absolute Gasteiger partial charge is 0.487 e. The van der Waals surface area contributed by atoms with Gasteiger partial charge >= 0.3 is 11.9 Å². The topological polar surface area (TPSA) is 61.8 Å². The van der Waals surface area contributed by atoms with Crippen molar-refractivity contribution in [1.29, 1.82) is 0 Å². The molecular weight excluding hydrogens is 379 g/mol. The van der Waals surface area contributed by atoms with Gasteiger partial charge in [0.1, 0.15) is 5.02 Å². The fourth-order valence-electron chi connectivity index (χ4n) is 1.87. The second-order valence-corrected chi connectivity index (χ2v) is 6.13. The highest BCUT2D eigenvalue weighted by Gasteiger charge is 2.11. The van der Waals surface area contributed by atoms with Crippen molar-refractivity contribution in [2.45, 2.75) is 20.0 Å². The molecule has 0 radical (unpaired) electrons. The summed E-state index contributed by atoms with van der Waals surface area (Å²) in [5.41, 5.74) is 0. The molecule has 0 atom stereocenters. The van der Waals surface area contributed by atoms with E-state index in [2.05, 4.69) is 0 Å². The van der Waals surface area contributed by atoms with Gasteiger partial charge in [-0.1, -0.05) is 41.4 Å². The van der Waals surface area contributed by atoms with Crippen molar-refractivity contribution >= 4 is 35.1 Å². The second-order valence-electron chi connectivity index (χ2n) is 5.34. The van der Waals surface area contributed by atoms with E-state index in [0.29, 0.717) is 5.75 Å². The van der Waals surface area contributed by atoms with Crippen molar-refractivity contribution in [1.82, 2.24) is 0 Å². The summed E-state index contributed by atoms with van der Waals surface area (Å²) in [6, 6.07) is 11.4. The van der Waals surface area contributed by atoms with Crippen LogP contribution in [0.4, 0.5) is 0 Å². The van der Waals surface area contributed by atoms with Crippen LogP contribution in [0, 0.1) is 0 Å². The number of rotatable bonds is 6. The van der Waals surface area contributed by atoms with Crippen LogP contribution in [-0.2, 0) is 9.59 Å². The van der Waals surface area contributed by atoms with Crippen LogP contribution < -0.4 is 14.2 Å². The van der Waals surface area contributed by atoms with Gasteiger partial charge in [-0.2, -0.15) is 0 Å². The summed E-state index contributed by atoms with van der Waals surface area (Å²) in [6.07, 6.45) is 1.81. The van der Waals surface area contributed by atoms with E-state index in [1.54, 1.807) is 36.4 Å². The zero-order valence-corrected chi connectivity index (χ0v) is 15.6. The lowest BCUT2D eigenvalue weighted by molar-refractivity contribution is -0.131. The van der Waals surface area contributed by atoms with E-state index in [1.807, 2.05) is 13.8 Å². The highest BCUT2D eigenvalue weighted by Crippen LogP contribution is 2.31. The molecule has 0 saturated carbocycles. The zero-order valence-electron chi connectivity index (χ0n) is 14.1. The molecule has 0 amide bonds. The van der Waals surface area contributed by atoms with Crippen LogP contribution >= 0.6 is 23.2 Å². The Balaban J connectivity index is 1.99. The summed E-state index contributed by atoms with van der Waals surface area (Å²) in [7, 11) is 0. The maximum Gasteiger partial charge on any atom is 0.336 e. The summed E-state index contributed by atoms with van der Waals surface area (Å²) in [4.78, 5) is 23.7. The molecule has 0 saturated heterocycles. The molecule has 2 rings (SSSR count). The fraction of sp³-hybridized carbons (Fsp3) is 0.158. The Labute approximate surface area is 161 Å². The molecule has 0 aliphatic heterocycles. The molecule has 0 heterocycles. The molecule has 0 bridgehead atoms. The van der Waals surface area contributed by atoms with E-state index in [-0.39, 0.29) is 27.6 Å². The summed E-state index contributed by atoms with van der Waals surface area (Å²) < 4.78 is 15.8. The van der Waals surface area contributed by atoms with Crippen LogP contribution in [0.1, 0.15) is 13.8 Å². The molecule has 0 unspecified atom stereocenters. The van der Waals surface area contributed by atoms with Gasteiger partial charge in [0.05, 0.1) is 11.1 Å². The molecule has 0 aliphatic carbocycles. The molecule has 7 heteroatoms. The minimum absolute atomic E-state index is 0.0807. The maximum atomic E-state index is 11.9. The van der Waals surface area contributed by atoms with Gasteiger partial charge in [0, 0.05) is 12.2 Å². The molecule has 26 heavy (non-hydrogen) atoms. The van der Waals surface area contributed by atoms with Crippen LogP contribution in [0.25, 0.3) is 0 Å². The quantitative estimate of drug-likeness (QED) is 0.398. The lowest BCUT2D eigenvalue weighted by atomic mass is 10.3. The van der Waals surface area contributed by atoms with E-state index < -0.39 is 11.9 Å². The molecule has 136 valence electrons. The Kier molecular flexibility index (Phi) is 7.06. The van der Waals surface area contributed by atoms with Crippen molar-refractivity contribution in [3.63, 3.8) is 0 Å². The van der Waals surface area contributed by atoms with Crippen molar-refractivity contribution in [2.24, 2.45) is 0 Å². The molecule has 0 aromatic heterocycles. The normalized spacial score (nSPS) is 10.8. The second kappa shape index (κ2) is 9.27. The van der Waals surface area contributed by atoms with Crippen molar-refractivity contribution in [3.05, 3.63) is 64.7 Å². The zero-order chi connectivity index (χ0) is 19.1. The van der Waals surface area contributed by atoms with Gasteiger partial charge in [0.25, 0.3) is 0 Å². The minimum atomic E-state index is -0.794. The third-order valence-electron chi connectivity index (χ3n) is 2.90. The molecule has 2 aromatic rings. The summed E-state index contributed by atoms with van der Waals surface area (Å²) in [5, 5.41) is 0.361. The molecule has 0 fully saturated rings. The van der Waals surface area contributed by atoms with Gasteiger partial charge in [-0.05, 0) is 38.1 Å². The first-order chi connectivity index (χ1) is 12.4. The number of carbonyl (C=O) groups is 2. The lowest BCUT2D eigenvalue weighted by Crippen LogP contribution is -2.11. The Morgan fingerprint density at radius 3 is 2.00 bits per heavy atom. The number of benzene rings is 2. The van der Waals surface area contributed by atoms with Gasteiger partial charge in [-0.3, -0.25) is 0 Å². The monoisotopic (exact) mass is 394 g/mol. The van der Waals surface area contributed by atoms with Gasteiger partial charge in [0.2, 0.25) is 0 Å². The Hall–Kier alpha value is -2.50. The number of carbonyl (C=O) groups excluding carboxylic acids is 2. The third kappa shape index (κ3) is 5.79. The van der Waals surface area contributed by atoms with Crippen LogP contribution in [0.3, 0.4) is 0 Å². The summed E-state index contributed by atoms with van der Waals surface area (Å²) in [5.74, 6) is -0.769. The number of halogens is 2. The standard InChI is InChI=1S/C19H16Cl2O5/c1-12(2)24-14-7-3-4-8-15(14)25-17(22)10-11-18(23)26-16-9-5-6-13(20)19(16)21/h3-12H,1-2H3/b11-10+. The number of esters is 2. The Bertz CT molecular complexity index is 830. The first-order valence-electron chi connectivity index (χ1n) is 7.68.